The van der Waals surface area contributed by atoms with E-state index in [2.05, 4.69) is 69.1 Å². The molecule has 1 heterocycles. The number of anilines is 1. The molecule has 0 unspecified atom stereocenters. The fourth-order valence-electron chi connectivity index (χ4n) is 2.91. The van der Waals surface area contributed by atoms with Gasteiger partial charge in [-0.3, -0.25) is 4.99 Å². The van der Waals surface area contributed by atoms with Gasteiger partial charge >= 0.3 is 0 Å². The summed E-state index contributed by atoms with van der Waals surface area (Å²) >= 11 is 3.89. The van der Waals surface area contributed by atoms with Crippen LogP contribution in [0, 0.1) is 0 Å². The Kier molecular flexibility index (Phi) is 8.24. The van der Waals surface area contributed by atoms with Crippen LogP contribution < -0.4 is 15.5 Å². The normalized spacial score (nSPS) is 14.9. The Hall–Kier alpha value is -1.79. The van der Waals surface area contributed by atoms with Gasteiger partial charge in [0.25, 0.3) is 0 Å². The van der Waals surface area contributed by atoms with Gasteiger partial charge in [-0.15, -0.1) is 11.8 Å². The molecule has 6 heteroatoms. The van der Waals surface area contributed by atoms with Crippen LogP contribution in [0.15, 0.2) is 64.5 Å². The molecule has 0 bridgehead atoms. The van der Waals surface area contributed by atoms with Gasteiger partial charge in [0.2, 0.25) is 0 Å². The first-order valence-electron chi connectivity index (χ1n) is 9.39. The lowest BCUT2D eigenvalue weighted by molar-refractivity contribution is 0.830. The van der Waals surface area contributed by atoms with Crippen LogP contribution in [-0.2, 0) is 6.54 Å². The Morgan fingerprint density at radius 2 is 1.78 bits per heavy atom. The first kappa shape index (κ1) is 20.0. The molecule has 0 aromatic heterocycles. The summed E-state index contributed by atoms with van der Waals surface area (Å²) in [6, 6.07) is 19.4. The number of hydrogen-bond donors (Lipinski definition) is 2. The second-order valence-electron chi connectivity index (χ2n) is 6.28. The Bertz CT molecular complexity index is 698. The third kappa shape index (κ3) is 6.70. The van der Waals surface area contributed by atoms with Crippen molar-refractivity contribution in [3.8, 4) is 0 Å². The van der Waals surface area contributed by atoms with E-state index in [1.807, 2.05) is 36.6 Å². The van der Waals surface area contributed by atoms with Crippen LogP contribution in [0.1, 0.15) is 5.56 Å². The number of guanidine groups is 1. The van der Waals surface area contributed by atoms with Gasteiger partial charge in [0.1, 0.15) is 0 Å². The maximum atomic E-state index is 4.31. The standard InChI is InChI=1S/C21H28N4S2/c1-22-21(23-11-14-27-20-5-3-2-4-6-20)24-17-18-7-9-19(10-8-18)25-12-15-26-16-13-25/h2-10H,11-17H2,1H3,(H2,22,23,24). The van der Waals surface area contributed by atoms with Crippen molar-refractivity contribution < 1.29 is 0 Å². The van der Waals surface area contributed by atoms with Crippen LogP contribution in [0.2, 0.25) is 0 Å². The second kappa shape index (κ2) is 11.1. The number of benzene rings is 2. The minimum atomic E-state index is 0.779. The molecule has 0 atom stereocenters. The SMILES string of the molecule is CN=C(NCCSc1ccccc1)NCc1ccc(N2CCSCC2)cc1. The summed E-state index contributed by atoms with van der Waals surface area (Å²) in [5, 5.41) is 6.78. The largest absolute Gasteiger partial charge is 0.370 e. The van der Waals surface area contributed by atoms with E-state index in [1.165, 1.54) is 27.7 Å². The lowest BCUT2D eigenvalue weighted by Crippen LogP contribution is -2.38. The van der Waals surface area contributed by atoms with E-state index in [1.54, 1.807) is 0 Å². The topological polar surface area (TPSA) is 39.7 Å². The lowest BCUT2D eigenvalue weighted by Gasteiger charge is -2.28. The molecule has 0 saturated carbocycles. The van der Waals surface area contributed by atoms with Gasteiger partial charge in [-0.05, 0) is 29.8 Å². The molecule has 144 valence electrons. The monoisotopic (exact) mass is 400 g/mol. The number of nitrogens with zero attached hydrogens (tertiary/aromatic N) is 2. The van der Waals surface area contributed by atoms with Crippen molar-refractivity contribution in [2.45, 2.75) is 11.4 Å². The summed E-state index contributed by atoms with van der Waals surface area (Å²) < 4.78 is 0. The molecule has 1 fully saturated rings. The van der Waals surface area contributed by atoms with Crippen LogP contribution in [0.25, 0.3) is 0 Å². The summed E-state index contributed by atoms with van der Waals surface area (Å²) in [6.45, 7) is 3.96. The van der Waals surface area contributed by atoms with Gasteiger partial charge in [0, 0.05) is 61.1 Å². The van der Waals surface area contributed by atoms with Gasteiger partial charge in [0.05, 0.1) is 0 Å². The van der Waals surface area contributed by atoms with E-state index >= 15 is 0 Å². The molecule has 0 radical (unpaired) electrons. The number of hydrogen-bond acceptors (Lipinski definition) is 4. The molecule has 0 spiro atoms. The third-order valence-electron chi connectivity index (χ3n) is 4.40. The fraction of sp³-hybridized carbons (Fsp3) is 0.381. The van der Waals surface area contributed by atoms with Crippen LogP contribution in [0.5, 0.6) is 0 Å². The lowest BCUT2D eigenvalue weighted by atomic mass is 10.2. The zero-order valence-electron chi connectivity index (χ0n) is 15.9. The number of aliphatic imine (C=N–C) groups is 1. The predicted octanol–water partition coefficient (Wildman–Crippen LogP) is 3.70. The van der Waals surface area contributed by atoms with Crippen molar-refractivity contribution in [1.29, 1.82) is 0 Å². The predicted molar refractivity (Wildman–Crippen MR) is 121 cm³/mol. The Morgan fingerprint density at radius 1 is 1.04 bits per heavy atom. The minimum absolute atomic E-state index is 0.779. The highest BCUT2D eigenvalue weighted by Gasteiger charge is 2.10. The minimum Gasteiger partial charge on any atom is -0.370 e. The number of rotatable bonds is 7. The Labute approximate surface area is 171 Å². The summed E-state index contributed by atoms with van der Waals surface area (Å²) in [4.78, 5) is 8.08. The van der Waals surface area contributed by atoms with Gasteiger partial charge in [-0.25, -0.2) is 0 Å². The summed E-state index contributed by atoms with van der Waals surface area (Å²) in [5.74, 6) is 4.32. The first-order chi connectivity index (χ1) is 13.3. The van der Waals surface area contributed by atoms with Gasteiger partial charge in [-0.1, -0.05) is 30.3 Å². The number of nitrogens with one attached hydrogen (secondary N) is 2. The highest BCUT2D eigenvalue weighted by atomic mass is 32.2. The maximum absolute atomic E-state index is 4.31. The maximum Gasteiger partial charge on any atom is 0.191 e. The van der Waals surface area contributed by atoms with Crippen LogP contribution >= 0.6 is 23.5 Å². The van der Waals surface area contributed by atoms with Crippen molar-refractivity contribution in [2.75, 3.05) is 48.8 Å². The van der Waals surface area contributed by atoms with E-state index in [-0.39, 0.29) is 0 Å². The molecule has 4 nitrogen and oxygen atoms in total. The molecule has 0 aliphatic carbocycles. The molecule has 1 aliphatic heterocycles. The van der Waals surface area contributed by atoms with Gasteiger partial charge < -0.3 is 15.5 Å². The van der Waals surface area contributed by atoms with E-state index in [9.17, 15) is 0 Å². The van der Waals surface area contributed by atoms with Crippen molar-refractivity contribution in [1.82, 2.24) is 10.6 Å². The highest BCUT2D eigenvalue weighted by molar-refractivity contribution is 7.99. The Balaban J connectivity index is 1.38. The third-order valence-corrected chi connectivity index (χ3v) is 6.36. The fourth-order valence-corrected chi connectivity index (χ4v) is 4.60. The zero-order chi connectivity index (χ0) is 18.7. The molecule has 27 heavy (non-hydrogen) atoms. The van der Waals surface area contributed by atoms with Gasteiger partial charge in [0.15, 0.2) is 5.96 Å². The molecule has 2 aromatic rings. The molecule has 2 N–H and O–H groups in total. The molecule has 1 saturated heterocycles. The van der Waals surface area contributed by atoms with E-state index in [0.717, 1.165) is 37.9 Å². The van der Waals surface area contributed by atoms with E-state index < -0.39 is 0 Å². The second-order valence-corrected chi connectivity index (χ2v) is 8.67. The first-order valence-corrected chi connectivity index (χ1v) is 11.5. The molecule has 3 rings (SSSR count). The molecule has 1 aliphatic rings. The Morgan fingerprint density at radius 3 is 2.48 bits per heavy atom. The quantitative estimate of drug-likeness (QED) is 0.321. The number of thioether (sulfide) groups is 2. The highest BCUT2D eigenvalue weighted by Crippen LogP contribution is 2.20. The van der Waals surface area contributed by atoms with Crippen molar-refractivity contribution >= 4 is 35.2 Å². The van der Waals surface area contributed by atoms with Gasteiger partial charge in [-0.2, -0.15) is 11.8 Å². The molecule has 2 aromatic carbocycles. The van der Waals surface area contributed by atoms with Crippen LogP contribution in [0.3, 0.4) is 0 Å². The average molecular weight is 401 g/mol. The van der Waals surface area contributed by atoms with Crippen molar-refractivity contribution in [2.24, 2.45) is 4.99 Å². The molecule has 0 amide bonds. The van der Waals surface area contributed by atoms with Crippen LogP contribution in [-0.4, -0.2) is 49.9 Å². The smallest absolute Gasteiger partial charge is 0.191 e. The van der Waals surface area contributed by atoms with E-state index in [0.29, 0.717) is 0 Å². The van der Waals surface area contributed by atoms with Crippen LogP contribution in [0.4, 0.5) is 5.69 Å². The zero-order valence-corrected chi connectivity index (χ0v) is 17.5. The molecular formula is C21H28N4S2. The average Bonchev–Trinajstić information content (AvgIpc) is 2.75. The van der Waals surface area contributed by atoms with Crippen molar-refractivity contribution in [3.63, 3.8) is 0 Å². The molecular weight excluding hydrogens is 372 g/mol. The summed E-state index contributed by atoms with van der Waals surface area (Å²) in [7, 11) is 1.82. The summed E-state index contributed by atoms with van der Waals surface area (Å²) in [6.07, 6.45) is 0. The van der Waals surface area contributed by atoms with E-state index in [4.69, 9.17) is 0 Å². The van der Waals surface area contributed by atoms with Crippen molar-refractivity contribution in [3.05, 3.63) is 60.2 Å². The summed E-state index contributed by atoms with van der Waals surface area (Å²) in [5.41, 5.74) is 2.60.